The first-order chi connectivity index (χ1) is 9.35. The third kappa shape index (κ3) is 4.05. The van der Waals surface area contributed by atoms with Crippen molar-refractivity contribution in [3.8, 4) is 0 Å². The molecular formula is C17H27NO. The Labute approximate surface area is 117 Å². The summed E-state index contributed by atoms with van der Waals surface area (Å²) in [5.74, 6) is 1.36. The van der Waals surface area contributed by atoms with Gasteiger partial charge in [0.05, 0.1) is 0 Å². The molecule has 0 radical (unpaired) electrons. The normalized spacial score (nSPS) is 18.4. The quantitative estimate of drug-likeness (QED) is 0.850. The van der Waals surface area contributed by atoms with Crippen molar-refractivity contribution in [2.45, 2.75) is 44.9 Å². The van der Waals surface area contributed by atoms with Gasteiger partial charge in [-0.15, -0.1) is 0 Å². The molecule has 1 unspecified atom stereocenters. The van der Waals surface area contributed by atoms with E-state index in [1.807, 2.05) is 0 Å². The number of hydrogen-bond acceptors (Lipinski definition) is 2. The fraction of sp³-hybridized carbons (Fsp3) is 0.647. The third-order valence-corrected chi connectivity index (χ3v) is 4.26. The van der Waals surface area contributed by atoms with Gasteiger partial charge in [-0.25, -0.2) is 0 Å². The molecule has 19 heavy (non-hydrogen) atoms. The van der Waals surface area contributed by atoms with Gasteiger partial charge in [-0.2, -0.15) is 0 Å². The molecular weight excluding hydrogens is 234 g/mol. The van der Waals surface area contributed by atoms with Crippen LogP contribution in [-0.2, 0) is 11.2 Å². The zero-order valence-corrected chi connectivity index (χ0v) is 12.1. The van der Waals surface area contributed by atoms with Crippen LogP contribution in [0.4, 0.5) is 0 Å². The molecule has 1 heterocycles. The van der Waals surface area contributed by atoms with E-state index in [9.17, 15) is 0 Å². The summed E-state index contributed by atoms with van der Waals surface area (Å²) in [5.41, 5.74) is 8.74. The maximum atomic E-state index is 5.82. The molecule has 2 N–H and O–H groups in total. The van der Waals surface area contributed by atoms with Gasteiger partial charge < -0.3 is 10.5 Å². The van der Waals surface area contributed by atoms with E-state index in [-0.39, 0.29) is 0 Å². The number of rotatable bonds is 6. The van der Waals surface area contributed by atoms with Gasteiger partial charge in [-0.1, -0.05) is 37.6 Å². The zero-order chi connectivity index (χ0) is 13.5. The van der Waals surface area contributed by atoms with E-state index in [4.69, 9.17) is 10.5 Å². The van der Waals surface area contributed by atoms with Gasteiger partial charge in [-0.05, 0) is 55.2 Å². The topological polar surface area (TPSA) is 35.2 Å². The fourth-order valence-electron chi connectivity index (χ4n) is 3.19. The SMILES string of the molecule is CCCc1ccc(C(CCN)C2CCOCC2)cc1. The summed E-state index contributed by atoms with van der Waals surface area (Å²) in [7, 11) is 0. The van der Waals surface area contributed by atoms with Crippen molar-refractivity contribution in [3.63, 3.8) is 0 Å². The number of nitrogens with two attached hydrogens (primary N) is 1. The summed E-state index contributed by atoms with van der Waals surface area (Å²) in [6.45, 7) is 4.84. The molecule has 106 valence electrons. The fourth-order valence-corrected chi connectivity index (χ4v) is 3.19. The lowest BCUT2D eigenvalue weighted by atomic mass is 9.79. The van der Waals surface area contributed by atoms with E-state index in [0.29, 0.717) is 5.92 Å². The van der Waals surface area contributed by atoms with Gasteiger partial charge in [0.2, 0.25) is 0 Å². The second kappa shape index (κ2) is 7.66. The highest BCUT2D eigenvalue weighted by Gasteiger charge is 2.24. The van der Waals surface area contributed by atoms with Gasteiger partial charge in [-0.3, -0.25) is 0 Å². The summed E-state index contributed by atoms with van der Waals surface area (Å²) >= 11 is 0. The summed E-state index contributed by atoms with van der Waals surface area (Å²) < 4.78 is 5.48. The first-order valence-electron chi connectivity index (χ1n) is 7.71. The number of benzene rings is 1. The van der Waals surface area contributed by atoms with E-state index >= 15 is 0 Å². The Hall–Kier alpha value is -0.860. The van der Waals surface area contributed by atoms with Gasteiger partial charge >= 0.3 is 0 Å². The van der Waals surface area contributed by atoms with E-state index in [1.165, 1.54) is 36.8 Å². The van der Waals surface area contributed by atoms with Gasteiger partial charge in [0.1, 0.15) is 0 Å². The van der Waals surface area contributed by atoms with Crippen LogP contribution in [-0.4, -0.2) is 19.8 Å². The predicted octanol–water partition coefficient (Wildman–Crippen LogP) is 3.50. The zero-order valence-electron chi connectivity index (χ0n) is 12.1. The van der Waals surface area contributed by atoms with Crippen LogP contribution in [0.1, 0.15) is 49.7 Å². The molecule has 0 spiro atoms. The third-order valence-electron chi connectivity index (χ3n) is 4.26. The molecule has 1 aliphatic rings. The molecule has 1 aliphatic heterocycles. The van der Waals surface area contributed by atoms with Crippen molar-refractivity contribution < 1.29 is 4.74 Å². The van der Waals surface area contributed by atoms with Crippen molar-refractivity contribution in [1.29, 1.82) is 0 Å². The molecule has 0 saturated carbocycles. The lowest BCUT2D eigenvalue weighted by Crippen LogP contribution is -2.24. The molecule has 2 nitrogen and oxygen atoms in total. The molecule has 1 atom stereocenters. The minimum Gasteiger partial charge on any atom is -0.381 e. The van der Waals surface area contributed by atoms with Crippen LogP contribution in [0.3, 0.4) is 0 Å². The second-order valence-corrected chi connectivity index (χ2v) is 5.63. The van der Waals surface area contributed by atoms with Crippen LogP contribution < -0.4 is 5.73 Å². The Morgan fingerprint density at radius 3 is 2.47 bits per heavy atom. The summed E-state index contributed by atoms with van der Waals surface area (Å²) in [6.07, 6.45) is 5.85. The van der Waals surface area contributed by atoms with Crippen LogP contribution in [0.15, 0.2) is 24.3 Å². The first kappa shape index (κ1) is 14.5. The lowest BCUT2D eigenvalue weighted by Gasteiger charge is -2.30. The Bertz CT molecular complexity index is 354. The Morgan fingerprint density at radius 1 is 1.21 bits per heavy atom. The van der Waals surface area contributed by atoms with E-state index < -0.39 is 0 Å². The van der Waals surface area contributed by atoms with Gasteiger partial charge in [0.25, 0.3) is 0 Å². The van der Waals surface area contributed by atoms with Crippen molar-refractivity contribution >= 4 is 0 Å². The average Bonchev–Trinajstić information content (AvgIpc) is 2.47. The van der Waals surface area contributed by atoms with Gasteiger partial charge in [0, 0.05) is 13.2 Å². The molecule has 2 rings (SSSR count). The average molecular weight is 261 g/mol. The molecule has 0 aromatic heterocycles. The summed E-state index contributed by atoms with van der Waals surface area (Å²) in [6, 6.07) is 9.23. The smallest absolute Gasteiger partial charge is 0.0468 e. The Morgan fingerprint density at radius 2 is 1.89 bits per heavy atom. The number of aryl methyl sites for hydroxylation is 1. The summed E-state index contributed by atoms with van der Waals surface area (Å²) in [4.78, 5) is 0. The van der Waals surface area contributed by atoms with E-state index in [0.717, 1.165) is 32.1 Å². The summed E-state index contributed by atoms with van der Waals surface area (Å²) in [5, 5.41) is 0. The standard InChI is InChI=1S/C17H27NO/c1-2-3-14-4-6-15(7-5-14)17(8-11-18)16-9-12-19-13-10-16/h4-7,16-17H,2-3,8-13,18H2,1H3. The highest BCUT2D eigenvalue weighted by molar-refractivity contribution is 5.26. The molecule has 1 aromatic rings. The first-order valence-corrected chi connectivity index (χ1v) is 7.71. The molecule has 0 aliphatic carbocycles. The Kier molecular flexibility index (Phi) is 5.87. The van der Waals surface area contributed by atoms with E-state index in [1.54, 1.807) is 0 Å². The molecule has 1 saturated heterocycles. The van der Waals surface area contributed by atoms with Crippen molar-refractivity contribution in [3.05, 3.63) is 35.4 Å². The molecule has 2 heteroatoms. The van der Waals surface area contributed by atoms with Crippen LogP contribution in [0.5, 0.6) is 0 Å². The minimum absolute atomic E-state index is 0.615. The molecule has 1 fully saturated rings. The number of hydrogen-bond donors (Lipinski definition) is 1. The van der Waals surface area contributed by atoms with Crippen LogP contribution in [0.2, 0.25) is 0 Å². The maximum absolute atomic E-state index is 5.82. The van der Waals surface area contributed by atoms with Crippen LogP contribution >= 0.6 is 0 Å². The largest absolute Gasteiger partial charge is 0.381 e. The van der Waals surface area contributed by atoms with E-state index in [2.05, 4.69) is 31.2 Å². The van der Waals surface area contributed by atoms with Crippen LogP contribution in [0.25, 0.3) is 0 Å². The second-order valence-electron chi connectivity index (χ2n) is 5.63. The van der Waals surface area contributed by atoms with Crippen molar-refractivity contribution in [2.24, 2.45) is 11.7 Å². The van der Waals surface area contributed by atoms with Crippen LogP contribution in [0, 0.1) is 5.92 Å². The monoisotopic (exact) mass is 261 g/mol. The predicted molar refractivity (Wildman–Crippen MR) is 80.4 cm³/mol. The van der Waals surface area contributed by atoms with Crippen molar-refractivity contribution in [1.82, 2.24) is 0 Å². The maximum Gasteiger partial charge on any atom is 0.0468 e. The van der Waals surface area contributed by atoms with Gasteiger partial charge in [0.15, 0.2) is 0 Å². The molecule has 1 aromatic carbocycles. The lowest BCUT2D eigenvalue weighted by molar-refractivity contribution is 0.0570. The molecule has 0 bridgehead atoms. The highest BCUT2D eigenvalue weighted by Crippen LogP contribution is 2.34. The number of ether oxygens (including phenoxy) is 1. The Balaban J connectivity index is 2.08. The molecule has 0 amide bonds. The highest BCUT2D eigenvalue weighted by atomic mass is 16.5. The minimum atomic E-state index is 0.615. The van der Waals surface area contributed by atoms with Crippen molar-refractivity contribution in [2.75, 3.05) is 19.8 Å².